The average molecular weight is 379 g/mol. The molecule has 1 atom stereocenters. The molecule has 138 valence electrons. The molecule has 0 saturated heterocycles. The first-order valence-electron chi connectivity index (χ1n) is 9.14. The van der Waals surface area contributed by atoms with Crippen molar-refractivity contribution < 1.29 is 47.3 Å². The number of ether oxygens (including phenoxy) is 1. The Bertz CT molecular complexity index is 548. The molecule has 0 saturated carbocycles. The maximum Gasteiger partial charge on any atom is 1.00 e. The molecule has 0 aliphatic carbocycles. The van der Waals surface area contributed by atoms with Gasteiger partial charge in [-0.25, -0.2) is 8.42 Å². The second-order valence-corrected chi connectivity index (χ2v) is 8.05. The third-order valence-electron chi connectivity index (χ3n) is 4.29. The SMILES string of the molecule is CCCCCCCCCC(CCC)(Oc1ccccc1)S(=O)(=O)[O-].[Na+]. The Hall–Kier alpha value is -0.0700. The summed E-state index contributed by atoms with van der Waals surface area (Å²) in [5, 5.41) is 0. The van der Waals surface area contributed by atoms with Gasteiger partial charge in [-0.2, -0.15) is 0 Å². The van der Waals surface area contributed by atoms with Gasteiger partial charge in [-0.05, 0) is 18.6 Å². The van der Waals surface area contributed by atoms with Crippen molar-refractivity contribution in [2.45, 2.75) is 83.0 Å². The Morgan fingerprint density at radius 2 is 1.44 bits per heavy atom. The molecule has 1 aromatic carbocycles. The van der Waals surface area contributed by atoms with Gasteiger partial charge in [-0.1, -0.05) is 77.0 Å². The number of hydrogen-bond acceptors (Lipinski definition) is 4. The van der Waals surface area contributed by atoms with Crippen LogP contribution in [0.3, 0.4) is 0 Å². The molecule has 0 bridgehead atoms. The van der Waals surface area contributed by atoms with Crippen molar-refractivity contribution in [1.82, 2.24) is 0 Å². The molecule has 0 aromatic heterocycles. The fourth-order valence-electron chi connectivity index (χ4n) is 2.96. The minimum absolute atomic E-state index is 0. The van der Waals surface area contributed by atoms with E-state index in [9.17, 15) is 13.0 Å². The van der Waals surface area contributed by atoms with Crippen molar-refractivity contribution in [2.75, 3.05) is 0 Å². The van der Waals surface area contributed by atoms with Crippen LogP contribution in [-0.4, -0.2) is 17.9 Å². The van der Waals surface area contributed by atoms with Crippen LogP contribution in [0.15, 0.2) is 30.3 Å². The van der Waals surface area contributed by atoms with E-state index in [2.05, 4.69) is 6.92 Å². The molecule has 0 radical (unpaired) electrons. The summed E-state index contributed by atoms with van der Waals surface area (Å²) in [6.07, 6.45) is 8.61. The molecule has 6 heteroatoms. The number of benzene rings is 1. The summed E-state index contributed by atoms with van der Waals surface area (Å²) in [5.74, 6) is 0.438. The van der Waals surface area contributed by atoms with Crippen LogP contribution in [0, 0.1) is 0 Å². The number of unbranched alkanes of at least 4 members (excludes halogenated alkanes) is 6. The Labute approximate surface area is 175 Å². The maximum atomic E-state index is 12.0. The van der Waals surface area contributed by atoms with E-state index in [0.29, 0.717) is 18.6 Å². The molecule has 25 heavy (non-hydrogen) atoms. The molecule has 1 rings (SSSR count). The molecule has 1 aromatic rings. The molecule has 4 nitrogen and oxygen atoms in total. The van der Waals surface area contributed by atoms with Crippen molar-refractivity contribution >= 4 is 10.1 Å². The first kappa shape index (κ1) is 24.9. The van der Waals surface area contributed by atoms with Crippen LogP contribution in [0.1, 0.15) is 78.1 Å². The van der Waals surface area contributed by atoms with Gasteiger partial charge in [0.15, 0.2) is 4.93 Å². The molecule has 0 aliphatic heterocycles. The summed E-state index contributed by atoms with van der Waals surface area (Å²) in [6.45, 7) is 4.05. The van der Waals surface area contributed by atoms with E-state index in [4.69, 9.17) is 4.74 Å². The predicted octanol–water partition coefficient (Wildman–Crippen LogP) is 2.25. The summed E-state index contributed by atoms with van der Waals surface area (Å²) in [4.78, 5) is -1.65. The Kier molecular flexibility index (Phi) is 13.1. The zero-order valence-electron chi connectivity index (χ0n) is 16.0. The van der Waals surface area contributed by atoms with E-state index < -0.39 is 15.1 Å². The molecule has 0 N–H and O–H groups in total. The second-order valence-electron chi connectivity index (χ2n) is 6.40. The average Bonchev–Trinajstić information content (AvgIpc) is 2.54. The van der Waals surface area contributed by atoms with E-state index in [-0.39, 0.29) is 42.4 Å². The maximum absolute atomic E-state index is 12.0. The number of rotatable bonds is 13. The zero-order chi connectivity index (χ0) is 17.9. The van der Waals surface area contributed by atoms with Crippen molar-refractivity contribution in [1.29, 1.82) is 0 Å². The van der Waals surface area contributed by atoms with Gasteiger partial charge in [0.05, 0.1) is 0 Å². The Balaban J connectivity index is 0.00000576. The number of hydrogen-bond donors (Lipinski definition) is 0. The van der Waals surface area contributed by atoms with Gasteiger partial charge < -0.3 is 9.29 Å². The molecular weight excluding hydrogens is 347 g/mol. The molecular formula is C19H31NaO4S. The van der Waals surface area contributed by atoms with Gasteiger partial charge >= 0.3 is 29.6 Å². The Morgan fingerprint density at radius 1 is 0.880 bits per heavy atom. The molecule has 0 fully saturated rings. The standard InChI is InChI=1S/C19H32O4S.Na/c1-3-5-6-7-8-9-13-17-19(16-4-2,24(20,21)22)23-18-14-11-10-12-15-18;/h10-12,14-15H,3-9,13,16-17H2,1-2H3,(H,20,21,22);/q;+1/p-1. The molecule has 0 heterocycles. The minimum Gasteiger partial charge on any atom is -0.745 e. The van der Waals surface area contributed by atoms with Gasteiger partial charge in [0, 0.05) is 12.8 Å². The van der Waals surface area contributed by atoms with Crippen LogP contribution in [-0.2, 0) is 10.1 Å². The fourth-order valence-corrected chi connectivity index (χ4v) is 4.01. The Morgan fingerprint density at radius 3 is 1.96 bits per heavy atom. The monoisotopic (exact) mass is 378 g/mol. The fraction of sp³-hybridized carbons (Fsp3) is 0.684. The first-order chi connectivity index (χ1) is 11.4. The van der Waals surface area contributed by atoms with Gasteiger partial charge in [0.25, 0.3) is 0 Å². The van der Waals surface area contributed by atoms with E-state index in [1.54, 1.807) is 24.3 Å². The van der Waals surface area contributed by atoms with Gasteiger partial charge in [0.1, 0.15) is 15.9 Å². The van der Waals surface area contributed by atoms with Crippen LogP contribution < -0.4 is 34.3 Å². The van der Waals surface area contributed by atoms with Crippen molar-refractivity contribution in [2.24, 2.45) is 0 Å². The van der Waals surface area contributed by atoms with Gasteiger partial charge in [-0.15, -0.1) is 0 Å². The van der Waals surface area contributed by atoms with Gasteiger partial charge in [0.2, 0.25) is 0 Å². The summed E-state index contributed by atoms with van der Waals surface area (Å²) in [6, 6.07) is 8.77. The quantitative estimate of drug-likeness (QED) is 0.300. The van der Waals surface area contributed by atoms with Crippen LogP contribution in [0.25, 0.3) is 0 Å². The third-order valence-corrected chi connectivity index (χ3v) is 5.70. The van der Waals surface area contributed by atoms with Crippen LogP contribution in [0.2, 0.25) is 0 Å². The zero-order valence-corrected chi connectivity index (χ0v) is 18.8. The molecule has 1 unspecified atom stereocenters. The normalized spacial score (nSPS) is 13.7. The van der Waals surface area contributed by atoms with Crippen molar-refractivity contribution in [3.63, 3.8) is 0 Å². The van der Waals surface area contributed by atoms with E-state index in [1.807, 2.05) is 13.0 Å². The summed E-state index contributed by atoms with van der Waals surface area (Å²) < 4.78 is 41.7. The van der Waals surface area contributed by atoms with E-state index in [1.165, 1.54) is 19.3 Å². The first-order valence-corrected chi connectivity index (χ1v) is 10.6. The van der Waals surface area contributed by atoms with Gasteiger partial charge in [-0.3, -0.25) is 0 Å². The summed E-state index contributed by atoms with van der Waals surface area (Å²) >= 11 is 0. The van der Waals surface area contributed by atoms with Crippen LogP contribution in [0.5, 0.6) is 5.75 Å². The second kappa shape index (κ2) is 13.2. The smallest absolute Gasteiger partial charge is 0.745 e. The summed E-state index contributed by atoms with van der Waals surface area (Å²) in [7, 11) is -4.56. The molecule has 0 spiro atoms. The summed E-state index contributed by atoms with van der Waals surface area (Å²) in [5.41, 5.74) is 0. The largest absolute Gasteiger partial charge is 1.00 e. The molecule has 0 aliphatic rings. The molecule has 0 amide bonds. The van der Waals surface area contributed by atoms with E-state index in [0.717, 1.165) is 19.3 Å². The minimum atomic E-state index is -4.56. The third kappa shape index (κ3) is 8.91. The van der Waals surface area contributed by atoms with Crippen LogP contribution in [0.4, 0.5) is 0 Å². The van der Waals surface area contributed by atoms with E-state index >= 15 is 0 Å². The van der Waals surface area contributed by atoms with Crippen molar-refractivity contribution in [3.8, 4) is 5.75 Å². The van der Waals surface area contributed by atoms with Crippen LogP contribution >= 0.6 is 0 Å². The topological polar surface area (TPSA) is 66.4 Å². The predicted molar refractivity (Wildman–Crippen MR) is 97.0 cm³/mol. The van der Waals surface area contributed by atoms with Crippen molar-refractivity contribution in [3.05, 3.63) is 30.3 Å². The number of para-hydroxylation sites is 1.